The summed E-state index contributed by atoms with van der Waals surface area (Å²) in [5.74, 6) is 0.313. The number of hydrogen-bond donors (Lipinski definition) is 1. The predicted octanol–water partition coefficient (Wildman–Crippen LogP) is 2.15. The van der Waals surface area contributed by atoms with E-state index in [0.29, 0.717) is 12.3 Å². The lowest BCUT2D eigenvalue weighted by Gasteiger charge is -2.47. The smallest absolute Gasteiger partial charge is 0.307 e. The first-order chi connectivity index (χ1) is 7.67. The molecule has 3 aliphatic carbocycles. The van der Waals surface area contributed by atoms with Crippen molar-refractivity contribution in [2.24, 2.45) is 28.8 Å². The Hall–Kier alpha value is -1.06. The van der Waals surface area contributed by atoms with Gasteiger partial charge in [0.25, 0.3) is 0 Å². The summed E-state index contributed by atoms with van der Waals surface area (Å²) in [4.78, 5) is 16.1. The predicted molar refractivity (Wildman–Crippen MR) is 60.2 cm³/mol. The summed E-state index contributed by atoms with van der Waals surface area (Å²) >= 11 is 0. The first-order valence-electron chi connectivity index (χ1n) is 6.01. The van der Waals surface area contributed by atoms with E-state index in [0.717, 1.165) is 18.1 Å². The van der Waals surface area contributed by atoms with Gasteiger partial charge in [-0.1, -0.05) is 12.1 Å². The van der Waals surface area contributed by atoms with E-state index in [1.54, 1.807) is 0 Å². The van der Waals surface area contributed by atoms with Crippen LogP contribution in [-0.4, -0.2) is 23.9 Å². The highest BCUT2D eigenvalue weighted by atomic mass is 16.6. The lowest BCUT2D eigenvalue weighted by Crippen LogP contribution is -2.47. The van der Waals surface area contributed by atoms with Crippen LogP contribution >= 0.6 is 0 Å². The minimum atomic E-state index is -0.697. The lowest BCUT2D eigenvalue weighted by atomic mass is 9.57. The molecular formula is C12H19NO3. The van der Waals surface area contributed by atoms with Gasteiger partial charge < -0.3 is 9.94 Å². The van der Waals surface area contributed by atoms with Gasteiger partial charge in [-0.05, 0) is 31.6 Å². The number of aliphatic carboxylic acids is 1. The average molecular weight is 225 g/mol. The maximum Gasteiger partial charge on any atom is 0.307 e. The largest absolute Gasteiger partial charge is 0.481 e. The fraction of sp³-hybridized carbons (Fsp3) is 0.833. The first kappa shape index (κ1) is 11.4. The van der Waals surface area contributed by atoms with Crippen LogP contribution in [0.4, 0.5) is 0 Å². The van der Waals surface area contributed by atoms with E-state index in [4.69, 9.17) is 4.84 Å². The lowest BCUT2D eigenvalue weighted by molar-refractivity contribution is -0.143. The number of carboxylic acids is 1. The molecule has 0 aromatic heterocycles. The average Bonchev–Trinajstić information content (AvgIpc) is 2.18. The van der Waals surface area contributed by atoms with Crippen molar-refractivity contribution >= 4 is 11.7 Å². The molecule has 0 aliphatic heterocycles. The number of hydrogen-bond acceptors (Lipinski definition) is 3. The Morgan fingerprint density at radius 3 is 2.75 bits per heavy atom. The van der Waals surface area contributed by atoms with Gasteiger partial charge >= 0.3 is 5.97 Å². The number of rotatable bonds is 4. The summed E-state index contributed by atoms with van der Waals surface area (Å²) in [5, 5.41) is 13.3. The van der Waals surface area contributed by atoms with Gasteiger partial charge in [0.2, 0.25) is 0 Å². The topological polar surface area (TPSA) is 58.9 Å². The van der Waals surface area contributed by atoms with E-state index in [-0.39, 0.29) is 11.8 Å². The molecule has 0 aromatic carbocycles. The molecule has 2 bridgehead atoms. The van der Waals surface area contributed by atoms with Crippen molar-refractivity contribution in [1.29, 1.82) is 0 Å². The SMILES string of the molecule is CCC(C(=O)O)[C@H]1CC2CC(C2)C1=NOC. The fourth-order valence-corrected chi connectivity index (χ4v) is 3.20. The number of fused-ring (bicyclic) bond motifs is 2. The Balaban J connectivity index is 2.18. The van der Waals surface area contributed by atoms with Crippen LogP contribution in [0.15, 0.2) is 5.16 Å². The standard InChI is InChI=1S/C12H19NO3/c1-3-9(12(14)15)10-6-7-4-8(5-7)11(10)13-16-2/h7-10H,3-6H2,1-2H3,(H,14,15)/t7?,8?,9?,10-/m1/s1. The van der Waals surface area contributed by atoms with E-state index in [9.17, 15) is 9.90 Å². The highest BCUT2D eigenvalue weighted by Gasteiger charge is 2.47. The minimum Gasteiger partial charge on any atom is -0.481 e. The summed E-state index contributed by atoms with van der Waals surface area (Å²) in [6.07, 6.45) is 4.00. The summed E-state index contributed by atoms with van der Waals surface area (Å²) in [6.45, 7) is 1.93. The van der Waals surface area contributed by atoms with Crippen molar-refractivity contribution in [3.63, 3.8) is 0 Å². The van der Waals surface area contributed by atoms with E-state index in [1.807, 2.05) is 6.92 Å². The van der Waals surface area contributed by atoms with Crippen molar-refractivity contribution in [3.8, 4) is 0 Å². The Morgan fingerprint density at radius 1 is 1.56 bits per heavy atom. The normalized spacial score (nSPS) is 36.6. The van der Waals surface area contributed by atoms with Crippen LogP contribution in [-0.2, 0) is 9.63 Å². The highest BCUT2D eigenvalue weighted by molar-refractivity contribution is 5.93. The summed E-state index contributed by atoms with van der Waals surface area (Å²) in [5.41, 5.74) is 0.999. The molecule has 0 amide bonds. The highest BCUT2D eigenvalue weighted by Crippen LogP contribution is 2.49. The molecule has 0 spiro atoms. The second-order valence-electron chi connectivity index (χ2n) is 4.93. The van der Waals surface area contributed by atoms with Crippen molar-refractivity contribution in [3.05, 3.63) is 0 Å². The summed E-state index contributed by atoms with van der Waals surface area (Å²) in [7, 11) is 1.54. The molecule has 4 heteroatoms. The summed E-state index contributed by atoms with van der Waals surface area (Å²) in [6, 6.07) is 0. The second kappa shape index (κ2) is 4.44. The molecule has 0 heterocycles. The first-order valence-corrected chi connectivity index (χ1v) is 6.01. The van der Waals surface area contributed by atoms with Crippen molar-refractivity contribution in [1.82, 2.24) is 0 Å². The quantitative estimate of drug-likeness (QED) is 0.746. The van der Waals surface area contributed by atoms with E-state index in [1.165, 1.54) is 20.0 Å². The van der Waals surface area contributed by atoms with Crippen LogP contribution in [0.2, 0.25) is 0 Å². The van der Waals surface area contributed by atoms with Crippen molar-refractivity contribution in [2.75, 3.05) is 7.11 Å². The molecule has 0 aromatic rings. The number of carboxylic acid groups (broad SMARTS) is 1. The third-order valence-corrected chi connectivity index (χ3v) is 4.06. The molecule has 2 atom stereocenters. The van der Waals surface area contributed by atoms with Gasteiger partial charge in [0.1, 0.15) is 7.11 Å². The van der Waals surface area contributed by atoms with E-state index >= 15 is 0 Å². The van der Waals surface area contributed by atoms with Gasteiger partial charge in [-0.3, -0.25) is 4.79 Å². The van der Waals surface area contributed by atoms with Gasteiger partial charge in [0, 0.05) is 11.8 Å². The molecular weight excluding hydrogens is 206 g/mol. The van der Waals surface area contributed by atoms with E-state index < -0.39 is 5.97 Å². The number of oxime groups is 1. The molecule has 3 fully saturated rings. The van der Waals surface area contributed by atoms with Gasteiger partial charge in [-0.15, -0.1) is 0 Å². The molecule has 1 unspecified atom stereocenters. The monoisotopic (exact) mass is 225 g/mol. The van der Waals surface area contributed by atoms with Crippen LogP contribution in [0, 0.1) is 23.7 Å². The second-order valence-corrected chi connectivity index (χ2v) is 4.93. The molecule has 0 radical (unpaired) electrons. The number of nitrogens with zero attached hydrogens (tertiary/aromatic N) is 1. The van der Waals surface area contributed by atoms with Crippen LogP contribution in [0.25, 0.3) is 0 Å². The van der Waals surface area contributed by atoms with Crippen LogP contribution < -0.4 is 0 Å². The van der Waals surface area contributed by atoms with Crippen LogP contribution in [0.5, 0.6) is 0 Å². The Morgan fingerprint density at radius 2 is 2.25 bits per heavy atom. The molecule has 16 heavy (non-hydrogen) atoms. The number of carbonyl (C=O) groups is 1. The van der Waals surface area contributed by atoms with Crippen molar-refractivity contribution in [2.45, 2.75) is 32.6 Å². The maximum atomic E-state index is 11.2. The third-order valence-electron chi connectivity index (χ3n) is 4.06. The third kappa shape index (κ3) is 1.81. The molecule has 3 saturated carbocycles. The molecule has 4 nitrogen and oxygen atoms in total. The van der Waals surface area contributed by atoms with E-state index in [2.05, 4.69) is 5.16 Å². The Labute approximate surface area is 95.7 Å². The fourth-order valence-electron chi connectivity index (χ4n) is 3.20. The molecule has 3 rings (SSSR count). The van der Waals surface area contributed by atoms with Gasteiger partial charge in [-0.25, -0.2) is 0 Å². The zero-order valence-corrected chi connectivity index (χ0v) is 9.85. The minimum absolute atomic E-state index is 0.0972. The molecule has 1 N–H and O–H groups in total. The Bertz CT molecular complexity index is 307. The van der Waals surface area contributed by atoms with Crippen molar-refractivity contribution < 1.29 is 14.7 Å². The van der Waals surface area contributed by atoms with Gasteiger partial charge in [0.15, 0.2) is 0 Å². The molecule has 0 saturated heterocycles. The van der Waals surface area contributed by atoms with Crippen LogP contribution in [0.3, 0.4) is 0 Å². The maximum absolute atomic E-state index is 11.2. The molecule has 3 aliphatic rings. The van der Waals surface area contributed by atoms with Crippen LogP contribution in [0.1, 0.15) is 32.6 Å². The van der Waals surface area contributed by atoms with Gasteiger partial charge in [-0.2, -0.15) is 0 Å². The summed E-state index contributed by atoms with van der Waals surface area (Å²) < 4.78 is 0. The Kier molecular flexibility index (Phi) is 3.17. The zero-order valence-electron chi connectivity index (χ0n) is 9.85. The van der Waals surface area contributed by atoms with Gasteiger partial charge in [0.05, 0.1) is 11.6 Å². The zero-order chi connectivity index (χ0) is 11.7. The molecule has 90 valence electrons.